The SMILES string of the molecule is CCN1CCCC1Cn1cc(C)nc1NCCOC. The fourth-order valence-electron chi connectivity index (χ4n) is 2.84. The first-order valence-corrected chi connectivity index (χ1v) is 7.25. The number of likely N-dealkylation sites (N-methyl/N-ethyl adjacent to an activating group) is 1. The highest BCUT2D eigenvalue weighted by atomic mass is 16.5. The molecule has 1 aliphatic rings. The van der Waals surface area contributed by atoms with Gasteiger partial charge >= 0.3 is 0 Å². The van der Waals surface area contributed by atoms with Crippen LogP contribution in [-0.2, 0) is 11.3 Å². The number of rotatable bonds is 7. The van der Waals surface area contributed by atoms with Crippen molar-refractivity contribution >= 4 is 5.95 Å². The van der Waals surface area contributed by atoms with Gasteiger partial charge in [0.05, 0.1) is 12.3 Å². The molecule has 19 heavy (non-hydrogen) atoms. The standard InChI is InChI=1S/C14H26N4O/c1-4-17-8-5-6-13(17)11-18-10-12(2)16-14(18)15-7-9-19-3/h10,13H,4-9,11H2,1-3H3,(H,15,16). The highest BCUT2D eigenvalue weighted by Gasteiger charge is 2.24. The van der Waals surface area contributed by atoms with E-state index in [2.05, 4.69) is 32.9 Å². The smallest absolute Gasteiger partial charge is 0.203 e. The van der Waals surface area contributed by atoms with E-state index in [1.165, 1.54) is 19.4 Å². The van der Waals surface area contributed by atoms with Crippen molar-refractivity contribution in [2.24, 2.45) is 0 Å². The highest BCUT2D eigenvalue weighted by molar-refractivity contribution is 5.28. The molecule has 1 aliphatic heterocycles. The lowest BCUT2D eigenvalue weighted by atomic mass is 10.2. The zero-order valence-corrected chi connectivity index (χ0v) is 12.4. The van der Waals surface area contributed by atoms with E-state index in [0.717, 1.165) is 31.3 Å². The Kier molecular flexibility index (Phi) is 5.22. The Bertz CT molecular complexity index is 391. The number of hydrogen-bond donors (Lipinski definition) is 1. The lowest BCUT2D eigenvalue weighted by molar-refractivity contribution is 0.210. The normalized spacial score (nSPS) is 20.1. The second kappa shape index (κ2) is 6.91. The van der Waals surface area contributed by atoms with E-state index < -0.39 is 0 Å². The molecule has 1 aromatic rings. The zero-order chi connectivity index (χ0) is 13.7. The molecule has 108 valence electrons. The van der Waals surface area contributed by atoms with Gasteiger partial charge in [0, 0.05) is 32.4 Å². The molecule has 1 saturated heterocycles. The molecule has 0 spiro atoms. The molecular formula is C14H26N4O. The first kappa shape index (κ1) is 14.3. The van der Waals surface area contributed by atoms with Gasteiger partial charge in [-0.25, -0.2) is 4.98 Å². The van der Waals surface area contributed by atoms with Gasteiger partial charge in [-0.1, -0.05) is 6.92 Å². The number of aromatic nitrogens is 2. The summed E-state index contributed by atoms with van der Waals surface area (Å²) in [5.41, 5.74) is 1.07. The van der Waals surface area contributed by atoms with Crippen molar-refractivity contribution in [1.29, 1.82) is 0 Å². The van der Waals surface area contributed by atoms with Crippen molar-refractivity contribution in [3.8, 4) is 0 Å². The van der Waals surface area contributed by atoms with Crippen molar-refractivity contribution in [2.45, 2.75) is 39.3 Å². The van der Waals surface area contributed by atoms with Crippen LogP contribution in [0.2, 0.25) is 0 Å². The van der Waals surface area contributed by atoms with Crippen LogP contribution in [0.25, 0.3) is 0 Å². The first-order valence-electron chi connectivity index (χ1n) is 7.25. The third kappa shape index (κ3) is 3.70. The number of imidazole rings is 1. The van der Waals surface area contributed by atoms with Crippen LogP contribution < -0.4 is 5.32 Å². The summed E-state index contributed by atoms with van der Waals surface area (Å²) in [6, 6.07) is 0.654. The predicted molar refractivity (Wildman–Crippen MR) is 77.6 cm³/mol. The molecule has 2 heterocycles. The van der Waals surface area contributed by atoms with Crippen molar-refractivity contribution in [1.82, 2.24) is 14.5 Å². The lowest BCUT2D eigenvalue weighted by Gasteiger charge is -2.23. The summed E-state index contributed by atoms with van der Waals surface area (Å²) in [6.45, 7) is 9.21. The molecule has 0 aliphatic carbocycles. The van der Waals surface area contributed by atoms with E-state index in [9.17, 15) is 0 Å². The maximum atomic E-state index is 5.07. The second-order valence-electron chi connectivity index (χ2n) is 5.20. The summed E-state index contributed by atoms with van der Waals surface area (Å²) in [5.74, 6) is 0.970. The number of methoxy groups -OCH3 is 1. The summed E-state index contributed by atoms with van der Waals surface area (Å²) in [7, 11) is 1.72. The summed E-state index contributed by atoms with van der Waals surface area (Å²) < 4.78 is 7.32. The number of anilines is 1. The number of ether oxygens (including phenoxy) is 1. The Labute approximate surface area is 116 Å². The van der Waals surface area contributed by atoms with Crippen LogP contribution in [0.15, 0.2) is 6.20 Å². The second-order valence-corrected chi connectivity index (χ2v) is 5.20. The average molecular weight is 266 g/mol. The maximum Gasteiger partial charge on any atom is 0.203 e. The van der Waals surface area contributed by atoms with Gasteiger partial charge in [0.2, 0.25) is 5.95 Å². The van der Waals surface area contributed by atoms with Crippen molar-refractivity contribution in [3.63, 3.8) is 0 Å². The minimum atomic E-state index is 0.654. The van der Waals surface area contributed by atoms with E-state index >= 15 is 0 Å². The van der Waals surface area contributed by atoms with Gasteiger partial charge < -0.3 is 14.6 Å². The van der Waals surface area contributed by atoms with Gasteiger partial charge in [-0.3, -0.25) is 4.90 Å². The minimum absolute atomic E-state index is 0.654. The van der Waals surface area contributed by atoms with Gasteiger partial charge in [-0.15, -0.1) is 0 Å². The zero-order valence-electron chi connectivity index (χ0n) is 12.4. The quantitative estimate of drug-likeness (QED) is 0.763. The molecule has 0 radical (unpaired) electrons. The third-order valence-electron chi connectivity index (χ3n) is 3.80. The number of nitrogens with one attached hydrogen (secondary N) is 1. The molecular weight excluding hydrogens is 240 g/mol. The van der Waals surface area contributed by atoms with E-state index in [0.29, 0.717) is 12.6 Å². The van der Waals surface area contributed by atoms with Crippen LogP contribution >= 0.6 is 0 Å². The van der Waals surface area contributed by atoms with Crippen LogP contribution in [0.5, 0.6) is 0 Å². The molecule has 1 unspecified atom stereocenters. The Balaban J connectivity index is 1.98. The van der Waals surface area contributed by atoms with Crippen LogP contribution in [0, 0.1) is 6.92 Å². The van der Waals surface area contributed by atoms with Gasteiger partial charge in [-0.05, 0) is 32.9 Å². The molecule has 0 bridgehead atoms. The van der Waals surface area contributed by atoms with Gasteiger partial charge in [0.15, 0.2) is 0 Å². The van der Waals surface area contributed by atoms with Crippen molar-refractivity contribution in [2.75, 3.05) is 38.7 Å². The summed E-state index contributed by atoms with van der Waals surface area (Å²) in [6.07, 6.45) is 4.75. The van der Waals surface area contributed by atoms with Gasteiger partial charge in [0.1, 0.15) is 0 Å². The number of nitrogens with zero attached hydrogens (tertiary/aromatic N) is 3. The first-order chi connectivity index (χ1) is 9.24. The Morgan fingerprint density at radius 1 is 1.53 bits per heavy atom. The topological polar surface area (TPSA) is 42.3 Å². The number of hydrogen-bond acceptors (Lipinski definition) is 4. The molecule has 5 heteroatoms. The van der Waals surface area contributed by atoms with Gasteiger partial charge in [-0.2, -0.15) is 0 Å². The largest absolute Gasteiger partial charge is 0.383 e. The molecule has 1 aromatic heterocycles. The van der Waals surface area contributed by atoms with Crippen molar-refractivity contribution < 1.29 is 4.74 Å². The number of likely N-dealkylation sites (tertiary alicyclic amines) is 1. The monoisotopic (exact) mass is 266 g/mol. The molecule has 1 atom stereocenters. The maximum absolute atomic E-state index is 5.07. The Morgan fingerprint density at radius 3 is 3.11 bits per heavy atom. The molecule has 1 N–H and O–H groups in total. The molecule has 5 nitrogen and oxygen atoms in total. The van der Waals surface area contributed by atoms with Crippen molar-refractivity contribution in [3.05, 3.63) is 11.9 Å². The fraction of sp³-hybridized carbons (Fsp3) is 0.786. The van der Waals surface area contributed by atoms with Crippen LogP contribution in [0.3, 0.4) is 0 Å². The predicted octanol–water partition coefficient (Wildman–Crippen LogP) is 1.73. The Morgan fingerprint density at radius 2 is 2.37 bits per heavy atom. The minimum Gasteiger partial charge on any atom is -0.383 e. The highest BCUT2D eigenvalue weighted by Crippen LogP contribution is 2.20. The molecule has 0 amide bonds. The summed E-state index contributed by atoms with van der Waals surface area (Å²) >= 11 is 0. The molecule has 0 aromatic carbocycles. The van der Waals surface area contributed by atoms with E-state index in [1.807, 2.05) is 6.92 Å². The van der Waals surface area contributed by atoms with Crippen LogP contribution in [-0.4, -0.2) is 53.8 Å². The fourth-order valence-corrected chi connectivity index (χ4v) is 2.84. The molecule has 2 rings (SSSR count). The molecule has 1 fully saturated rings. The average Bonchev–Trinajstić information content (AvgIpc) is 2.97. The van der Waals surface area contributed by atoms with Crippen LogP contribution in [0.4, 0.5) is 5.95 Å². The number of aryl methyl sites for hydroxylation is 1. The van der Waals surface area contributed by atoms with Crippen LogP contribution in [0.1, 0.15) is 25.5 Å². The van der Waals surface area contributed by atoms with E-state index in [4.69, 9.17) is 4.74 Å². The molecule has 0 saturated carbocycles. The third-order valence-corrected chi connectivity index (χ3v) is 3.80. The summed E-state index contributed by atoms with van der Waals surface area (Å²) in [5, 5.41) is 3.35. The lowest BCUT2D eigenvalue weighted by Crippen LogP contribution is -2.33. The van der Waals surface area contributed by atoms with E-state index in [1.54, 1.807) is 7.11 Å². The van der Waals surface area contributed by atoms with E-state index in [-0.39, 0.29) is 0 Å². The summed E-state index contributed by atoms with van der Waals surface area (Å²) in [4.78, 5) is 7.12. The Hall–Kier alpha value is -1.07. The van der Waals surface area contributed by atoms with Gasteiger partial charge in [0.25, 0.3) is 0 Å².